The monoisotopic (exact) mass is 380 g/mol. The number of halogens is 1. The highest BCUT2D eigenvalue weighted by Crippen LogP contribution is 2.29. The van der Waals surface area contributed by atoms with Gasteiger partial charge in [-0.1, -0.05) is 0 Å². The number of nitrogens with one attached hydrogen (secondary N) is 1. The summed E-state index contributed by atoms with van der Waals surface area (Å²) in [7, 11) is 1.66. The lowest BCUT2D eigenvalue weighted by Gasteiger charge is -2.32. The highest BCUT2D eigenvalue weighted by molar-refractivity contribution is 5.96. The summed E-state index contributed by atoms with van der Waals surface area (Å²) in [6.45, 7) is 3.73. The van der Waals surface area contributed by atoms with Gasteiger partial charge in [0.05, 0.1) is 6.10 Å². The van der Waals surface area contributed by atoms with Crippen LogP contribution in [0.1, 0.15) is 30.4 Å². The van der Waals surface area contributed by atoms with E-state index in [-0.39, 0.29) is 42.0 Å². The van der Waals surface area contributed by atoms with Crippen molar-refractivity contribution in [2.24, 2.45) is 11.7 Å². The van der Waals surface area contributed by atoms with Crippen molar-refractivity contribution in [3.05, 3.63) is 39.7 Å². The topological polar surface area (TPSA) is 94.6 Å². The van der Waals surface area contributed by atoms with Gasteiger partial charge in [0.25, 0.3) is 0 Å². The largest absolute Gasteiger partial charge is 0.423 e. The van der Waals surface area contributed by atoms with Crippen LogP contribution in [0.2, 0.25) is 0 Å². The average molecular weight is 381 g/mol. The summed E-state index contributed by atoms with van der Waals surface area (Å²) in [5.41, 5.74) is 8.67. The van der Waals surface area contributed by atoms with Crippen LogP contribution in [0.3, 0.4) is 0 Å². The number of amides is 1. The molecule has 0 saturated heterocycles. The van der Waals surface area contributed by atoms with Gasteiger partial charge >= 0.3 is 5.63 Å². The first kappa shape index (κ1) is 20.4. The fourth-order valence-electron chi connectivity index (χ4n) is 3.54. The van der Waals surface area contributed by atoms with E-state index < -0.39 is 0 Å². The predicted molar refractivity (Wildman–Crippen MR) is 104 cm³/mol. The summed E-state index contributed by atoms with van der Waals surface area (Å²) >= 11 is 0. The minimum absolute atomic E-state index is 0. The van der Waals surface area contributed by atoms with Gasteiger partial charge in [-0.15, -0.1) is 12.4 Å². The summed E-state index contributed by atoms with van der Waals surface area (Å²) in [5, 5.41) is 3.83. The van der Waals surface area contributed by atoms with Crippen LogP contribution in [0.25, 0.3) is 11.0 Å². The Bertz CT molecular complexity index is 864. The molecule has 1 aliphatic rings. The number of aryl methyl sites for hydroxylation is 2. The van der Waals surface area contributed by atoms with Crippen molar-refractivity contribution in [3.63, 3.8) is 0 Å². The van der Waals surface area contributed by atoms with Gasteiger partial charge in [-0.3, -0.25) is 4.79 Å². The molecule has 1 saturated carbocycles. The number of rotatable bonds is 3. The zero-order valence-electron chi connectivity index (χ0n) is 15.2. The molecular weight excluding hydrogens is 356 g/mol. The van der Waals surface area contributed by atoms with E-state index in [1.165, 1.54) is 6.07 Å². The number of hydrogen-bond acceptors (Lipinski definition) is 5. The van der Waals surface area contributed by atoms with E-state index >= 15 is 0 Å². The molecule has 0 unspecified atom stereocenters. The fraction of sp³-hybridized carbons (Fsp3) is 0.474. The normalized spacial score (nSPS) is 22.7. The Hall–Kier alpha value is -1.89. The zero-order valence-corrected chi connectivity index (χ0v) is 16.0. The van der Waals surface area contributed by atoms with Crippen molar-refractivity contribution in [3.8, 4) is 0 Å². The summed E-state index contributed by atoms with van der Waals surface area (Å²) in [6, 6.07) is 4.98. The van der Waals surface area contributed by atoms with Crippen molar-refractivity contribution in [1.82, 2.24) is 0 Å². The number of ether oxygens (including phenoxy) is 1. The van der Waals surface area contributed by atoms with E-state index in [0.29, 0.717) is 12.0 Å². The molecule has 1 heterocycles. The van der Waals surface area contributed by atoms with Gasteiger partial charge in [-0.25, -0.2) is 4.79 Å². The Balaban J connectivity index is 0.00000243. The third-order valence-electron chi connectivity index (χ3n) is 5.06. The van der Waals surface area contributed by atoms with Crippen LogP contribution in [0.15, 0.2) is 27.4 Å². The van der Waals surface area contributed by atoms with Crippen molar-refractivity contribution in [1.29, 1.82) is 0 Å². The van der Waals surface area contributed by atoms with E-state index in [4.69, 9.17) is 14.9 Å². The molecule has 0 aliphatic heterocycles. The number of fused-ring (bicyclic) bond motifs is 1. The molecular formula is C19H25ClN2O4. The van der Waals surface area contributed by atoms with E-state index in [9.17, 15) is 9.59 Å². The van der Waals surface area contributed by atoms with Crippen LogP contribution in [0.5, 0.6) is 0 Å². The maximum atomic E-state index is 12.7. The highest BCUT2D eigenvalue weighted by Gasteiger charge is 2.32. The van der Waals surface area contributed by atoms with Gasteiger partial charge in [0, 0.05) is 36.2 Å². The lowest BCUT2D eigenvalue weighted by atomic mass is 9.83. The molecule has 3 rings (SSSR count). The molecule has 142 valence electrons. The molecule has 3 atom stereocenters. The third-order valence-corrected chi connectivity index (χ3v) is 5.06. The van der Waals surface area contributed by atoms with Crippen LogP contribution in [-0.4, -0.2) is 25.2 Å². The second-order valence-corrected chi connectivity index (χ2v) is 6.85. The molecule has 0 spiro atoms. The maximum Gasteiger partial charge on any atom is 0.336 e. The molecule has 3 N–H and O–H groups in total. The van der Waals surface area contributed by atoms with Crippen LogP contribution >= 0.6 is 12.4 Å². The van der Waals surface area contributed by atoms with Crippen LogP contribution in [-0.2, 0) is 9.53 Å². The van der Waals surface area contributed by atoms with E-state index in [1.807, 2.05) is 19.9 Å². The molecule has 26 heavy (non-hydrogen) atoms. The average Bonchev–Trinajstić information content (AvgIpc) is 2.55. The molecule has 1 fully saturated rings. The first-order chi connectivity index (χ1) is 11.9. The quantitative estimate of drug-likeness (QED) is 0.798. The van der Waals surface area contributed by atoms with Gasteiger partial charge in [0.2, 0.25) is 5.91 Å². The minimum Gasteiger partial charge on any atom is -0.423 e. The summed E-state index contributed by atoms with van der Waals surface area (Å²) in [6.07, 6.45) is 2.19. The number of anilines is 1. The van der Waals surface area contributed by atoms with Crippen LogP contribution in [0, 0.1) is 19.8 Å². The Labute approximate surface area is 158 Å². The zero-order chi connectivity index (χ0) is 18.1. The number of hydrogen-bond donors (Lipinski definition) is 2. The number of nitrogens with two attached hydrogens (primary N) is 1. The number of benzene rings is 1. The number of carbonyl (C=O) groups is 1. The van der Waals surface area contributed by atoms with Gasteiger partial charge < -0.3 is 20.2 Å². The first-order valence-corrected chi connectivity index (χ1v) is 8.53. The summed E-state index contributed by atoms with van der Waals surface area (Å²) in [4.78, 5) is 24.2. The predicted octanol–water partition coefficient (Wildman–Crippen LogP) is 2.91. The molecule has 2 aromatic rings. The SMILES string of the molecule is CO[C@@H]1CC[C@H](C(=O)Nc2cc3c(C)cc(=O)oc3cc2C)C[C@H]1N.Cl. The smallest absolute Gasteiger partial charge is 0.336 e. The summed E-state index contributed by atoms with van der Waals surface area (Å²) < 4.78 is 10.6. The second kappa shape index (κ2) is 8.20. The van der Waals surface area contributed by atoms with Crippen LogP contribution < -0.4 is 16.7 Å². The summed E-state index contributed by atoms with van der Waals surface area (Å²) in [5.74, 6) is -0.145. The molecule has 1 aromatic heterocycles. The first-order valence-electron chi connectivity index (χ1n) is 8.53. The third kappa shape index (κ3) is 4.09. The van der Waals surface area contributed by atoms with Gasteiger partial charge in [-0.2, -0.15) is 0 Å². The Morgan fingerprint density at radius 3 is 2.62 bits per heavy atom. The molecule has 0 radical (unpaired) electrons. The molecule has 6 nitrogen and oxygen atoms in total. The molecule has 1 aliphatic carbocycles. The lowest BCUT2D eigenvalue weighted by Crippen LogP contribution is -2.44. The number of methoxy groups -OCH3 is 1. The van der Waals surface area contributed by atoms with Crippen molar-refractivity contribution in [2.75, 3.05) is 12.4 Å². The Morgan fingerprint density at radius 2 is 1.96 bits per heavy atom. The Kier molecular flexibility index (Phi) is 6.44. The second-order valence-electron chi connectivity index (χ2n) is 6.85. The van der Waals surface area contributed by atoms with Crippen molar-refractivity contribution < 1.29 is 13.9 Å². The Morgan fingerprint density at radius 1 is 1.23 bits per heavy atom. The molecule has 1 amide bonds. The number of carbonyl (C=O) groups excluding carboxylic acids is 1. The van der Waals surface area contributed by atoms with E-state index in [1.54, 1.807) is 13.2 Å². The van der Waals surface area contributed by atoms with E-state index in [2.05, 4.69) is 5.32 Å². The fourth-order valence-corrected chi connectivity index (χ4v) is 3.54. The van der Waals surface area contributed by atoms with Gasteiger partial charge in [-0.05, 0) is 56.4 Å². The minimum atomic E-state index is -0.370. The standard InChI is InChI=1S/C19H24N2O4.ClH/c1-10-7-18(22)25-17-6-11(2)15(9-13(10)17)21-19(23)12-4-5-16(24-3)14(20)8-12;/h6-7,9,12,14,16H,4-5,8,20H2,1-3H3,(H,21,23);1H/t12-,14+,16+;/m0./s1. The highest BCUT2D eigenvalue weighted by atomic mass is 35.5. The van der Waals surface area contributed by atoms with Gasteiger partial charge in [0.1, 0.15) is 5.58 Å². The van der Waals surface area contributed by atoms with Crippen molar-refractivity contribution >= 4 is 35.0 Å². The lowest BCUT2D eigenvalue weighted by molar-refractivity contribution is -0.121. The van der Waals surface area contributed by atoms with Crippen LogP contribution in [0.4, 0.5) is 5.69 Å². The molecule has 1 aromatic carbocycles. The molecule has 0 bridgehead atoms. The molecule has 7 heteroatoms. The maximum absolute atomic E-state index is 12.7. The van der Waals surface area contributed by atoms with Crippen molar-refractivity contribution in [2.45, 2.75) is 45.3 Å². The van der Waals surface area contributed by atoms with Gasteiger partial charge in [0.15, 0.2) is 0 Å². The van der Waals surface area contributed by atoms with E-state index in [0.717, 1.165) is 35.0 Å².